The van der Waals surface area contributed by atoms with E-state index in [4.69, 9.17) is 11.5 Å². The van der Waals surface area contributed by atoms with Crippen molar-refractivity contribution in [3.05, 3.63) is 0 Å². The van der Waals surface area contributed by atoms with Gasteiger partial charge in [-0.25, -0.2) is 0 Å². The van der Waals surface area contributed by atoms with Crippen LogP contribution >= 0.6 is 0 Å². The quantitative estimate of drug-likeness (QED) is 0.570. The van der Waals surface area contributed by atoms with Crippen LogP contribution in [0.3, 0.4) is 0 Å². The molecule has 10 heavy (non-hydrogen) atoms. The summed E-state index contributed by atoms with van der Waals surface area (Å²) in [5, 5.41) is 8.71. The van der Waals surface area contributed by atoms with Crippen LogP contribution in [0.1, 0.15) is 13.3 Å². The zero-order valence-corrected chi connectivity index (χ0v) is 6.67. The summed E-state index contributed by atoms with van der Waals surface area (Å²) in [5.41, 5.74) is 0. The molecule has 0 amide bonds. The first-order valence-corrected chi connectivity index (χ1v) is 3.47. The van der Waals surface area contributed by atoms with Gasteiger partial charge in [0, 0.05) is 19.0 Å². The first kappa shape index (κ1) is 9.48. The van der Waals surface area contributed by atoms with Crippen LogP contribution in [0.4, 0.5) is 0 Å². The van der Waals surface area contributed by atoms with E-state index >= 15 is 0 Å². The smallest absolute Gasteiger partial charge is 0.0584 e. The minimum absolute atomic E-state index is 0.196. The lowest BCUT2D eigenvalue weighted by molar-refractivity contribution is 0.161. The first-order valence-electron chi connectivity index (χ1n) is 3.47. The summed E-state index contributed by atoms with van der Waals surface area (Å²) in [6.07, 6.45) is 5.83. The maximum absolute atomic E-state index is 8.71. The highest BCUT2D eigenvalue weighted by molar-refractivity contribution is 4.84. The van der Waals surface area contributed by atoms with Crippen LogP contribution in [0.15, 0.2) is 0 Å². The molecule has 0 aliphatic rings. The van der Waals surface area contributed by atoms with Crippen molar-refractivity contribution in [2.45, 2.75) is 19.4 Å². The topological polar surface area (TPSA) is 23.5 Å². The van der Waals surface area contributed by atoms with Gasteiger partial charge in [0.1, 0.15) is 0 Å². The van der Waals surface area contributed by atoms with Gasteiger partial charge in [-0.15, -0.1) is 12.3 Å². The fourth-order valence-electron chi connectivity index (χ4n) is 0.601. The van der Waals surface area contributed by atoms with E-state index in [1.165, 1.54) is 0 Å². The van der Waals surface area contributed by atoms with E-state index in [1.807, 2.05) is 18.9 Å². The maximum Gasteiger partial charge on any atom is 0.0584 e. The molecule has 1 unspecified atom stereocenters. The summed E-state index contributed by atoms with van der Waals surface area (Å²) >= 11 is 0. The van der Waals surface area contributed by atoms with Crippen molar-refractivity contribution in [1.29, 1.82) is 0 Å². The molecule has 0 aromatic heterocycles. The predicted octanol–water partition coefficient (Wildman–Crippen LogP) is 0.322. The number of hydrogen-bond donors (Lipinski definition) is 1. The number of terminal acetylenes is 1. The number of nitrogens with zero attached hydrogens (tertiary/aromatic N) is 1. The first-order chi connectivity index (χ1) is 4.72. The number of aliphatic hydroxyl groups is 1. The van der Waals surface area contributed by atoms with Gasteiger partial charge in [-0.3, -0.25) is 0 Å². The Bertz CT molecular complexity index is 117. The molecule has 0 aromatic carbocycles. The highest BCUT2D eigenvalue weighted by atomic mass is 16.3. The summed E-state index contributed by atoms with van der Waals surface area (Å²) in [6.45, 7) is 3.02. The molecular weight excluding hydrogens is 126 g/mol. The normalized spacial score (nSPS) is 13.1. The van der Waals surface area contributed by atoms with Crippen molar-refractivity contribution in [3.63, 3.8) is 0 Å². The fourth-order valence-corrected chi connectivity index (χ4v) is 0.601. The average Bonchev–Trinajstić information content (AvgIpc) is 1.98. The maximum atomic E-state index is 8.71. The molecule has 58 valence electrons. The fraction of sp³-hybridized carbons (Fsp3) is 0.750. The Morgan fingerprint density at radius 3 is 2.70 bits per heavy atom. The molecule has 0 aromatic rings. The Balaban J connectivity index is 3.43. The van der Waals surface area contributed by atoms with Gasteiger partial charge >= 0.3 is 0 Å². The van der Waals surface area contributed by atoms with Gasteiger partial charge in [0.25, 0.3) is 0 Å². The molecule has 0 rings (SSSR count). The summed E-state index contributed by atoms with van der Waals surface area (Å²) < 4.78 is 0. The number of rotatable bonds is 4. The third-order valence-electron chi connectivity index (χ3n) is 1.63. The van der Waals surface area contributed by atoms with E-state index in [0.717, 1.165) is 13.0 Å². The lowest BCUT2D eigenvalue weighted by Crippen LogP contribution is -2.32. The second-order valence-corrected chi connectivity index (χ2v) is 2.47. The van der Waals surface area contributed by atoms with E-state index in [1.54, 1.807) is 0 Å². The van der Waals surface area contributed by atoms with Crippen molar-refractivity contribution >= 4 is 0 Å². The van der Waals surface area contributed by atoms with E-state index < -0.39 is 0 Å². The van der Waals surface area contributed by atoms with E-state index in [0.29, 0.717) is 0 Å². The van der Waals surface area contributed by atoms with Crippen molar-refractivity contribution in [3.8, 4) is 12.3 Å². The molecule has 0 saturated heterocycles. The molecule has 0 bridgehead atoms. The van der Waals surface area contributed by atoms with Crippen LogP contribution in [0.5, 0.6) is 0 Å². The van der Waals surface area contributed by atoms with E-state index in [2.05, 4.69) is 5.92 Å². The highest BCUT2D eigenvalue weighted by Gasteiger charge is 2.04. The molecule has 1 atom stereocenters. The van der Waals surface area contributed by atoms with Crippen LogP contribution in [0.25, 0.3) is 0 Å². The van der Waals surface area contributed by atoms with Crippen LogP contribution in [0.2, 0.25) is 0 Å². The minimum Gasteiger partial charge on any atom is -0.395 e. The molecular formula is C8H15NO. The Kier molecular flexibility index (Phi) is 5.00. The molecule has 2 heteroatoms. The zero-order chi connectivity index (χ0) is 7.98. The zero-order valence-electron chi connectivity index (χ0n) is 6.67. The van der Waals surface area contributed by atoms with Crippen molar-refractivity contribution in [2.24, 2.45) is 0 Å². The Hall–Kier alpha value is -0.520. The molecule has 0 heterocycles. The molecule has 0 spiro atoms. The molecule has 2 nitrogen and oxygen atoms in total. The van der Waals surface area contributed by atoms with Gasteiger partial charge in [-0.1, -0.05) is 0 Å². The monoisotopic (exact) mass is 141 g/mol. The highest BCUT2D eigenvalue weighted by Crippen LogP contribution is 1.94. The summed E-state index contributed by atoms with van der Waals surface area (Å²) in [6, 6.07) is 0.216. The predicted molar refractivity (Wildman–Crippen MR) is 42.6 cm³/mol. The molecule has 0 aliphatic carbocycles. The van der Waals surface area contributed by atoms with Gasteiger partial charge in [0.2, 0.25) is 0 Å². The molecule has 1 N–H and O–H groups in total. The number of aliphatic hydroxyl groups excluding tert-OH is 1. The van der Waals surface area contributed by atoms with Crippen LogP contribution in [-0.4, -0.2) is 36.2 Å². The van der Waals surface area contributed by atoms with Gasteiger partial charge in [0.05, 0.1) is 6.61 Å². The second kappa shape index (κ2) is 5.28. The molecule has 0 fully saturated rings. The minimum atomic E-state index is 0.196. The van der Waals surface area contributed by atoms with Gasteiger partial charge in [-0.2, -0.15) is 0 Å². The van der Waals surface area contributed by atoms with Crippen molar-refractivity contribution in [2.75, 3.05) is 20.2 Å². The second-order valence-electron chi connectivity index (χ2n) is 2.47. The number of hydrogen-bond acceptors (Lipinski definition) is 2. The van der Waals surface area contributed by atoms with Crippen molar-refractivity contribution in [1.82, 2.24) is 4.90 Å². The van der Waals surface area contributed by atoms with Gasteiger partial charge in [-0.05, 0) is 14.0 Å². The Morgan fingerprint density at radius 2 is 2.30 bits per heavy atom. The molecule has 0 aliphatic heterocycles. The van der Waals surface area contributed by atoms with Gasteiger partial charge < -0.3 is 10.0 Å². The largest absolute Gasteiger partial charge is 0.395 e. The number of likely N-dealkylation sites (N-methyl/N-ethyl adjacent to an activating group) is 1. The lowest BCUT2D eigenvalue weighted by atomic mass is 10.3. The molecule has 0 radical (unpaired) electrons. The van der Waals surface area contributed by atoms with Gasteiger partial charge in [0.15, 0.2) is 0 Å². The van der Waals surface area contributed by atoms with Crippen molar-refractivity contribution < 1.29 is 5.11 Å². The standard InChI is InChI=1S/C8H15NO/c1-4-5-6-9(3)8(2)7-10/h1,8,10H,5-7H2,2-3H3. The average molecular weight is 141 g/mol. The van der Waals surface area contributed by atoms with E-state index in [9.17, 15) is 0 Å². The molecule has 0 saturated carbocycles. The summed E-state index contributed by atoms with van der Waals surface area (Å²) in [4.78, 5) is 2.04. The van der Waals surface area contributed by atoms with Crippen LogP contribution in [0, 0.1) is 12.3 Å². The lowest BCUT2D eigenvalue weighted by Gasteiger charge is -2.21. The van der Waals surface area contributed by atoms with Crippen LogP contribution < -0.4 is 0 Å². The summed E-state index contributed by atoms with van der Waals surface area (Å²) in [7, 11) is 1.96. The Morgan fingerprint density at radius 1 is 1.70 bits per heavy atom. The van der Waals surface area contributed by atoms with Crippen LogP contribution in [-0.2, 0) is 0 Å². The van der Waals surface area contributed by atoms with E-state index in [-0.39, 0.29) is 12.6 Å². The third-order valence-corrected chi connectivity index (χ3v) is 1.63. The third kappa shape index (κ3) is 3.49. The SMILES string of the molecule is C#CCCN(C)C(C)CO. The Labute approximate surface area is 62.8 Å². The summed E-state index contributed by atoms with van der Waals surface area (Å²) in [5.74, 6) is 2.55.